The molecular weight excluding hydrogens is 1240 g/mol. The maximum absolute atomic E-state index is 14.0. The molecule has 1 fully saturated rings. The van der Waals surface area contributed by atoms with Gasteiger partial charge < -0.3 is 80.1 Å². The molecule has 2 heterocycles. The van der Waals surface area contributed by atoms with Crippen LogP contribution in [0, 0.1) is 23.2 Å². The van der Waals surface area contributed by atoms with Crippen LogP contribution in [0.2, 0.25) is 5.02 Å². The summed E-state index contributed by atoms with van der Waals surface area (Å²) >= 11 is 6.39. The molecule has 6 amide bonds. The third-order valence-corrected chi connectivity index (χ3v) is 15.7. The molecule has 2 aromatic carbocycles. The number of carbonyl (C=O) groups excluding carboxylic acids is 8. The second-order valence-corrected chi connectivity index (χ2v) is 25.5. The molecule has 0 bridgehead atoms. The van der Waals surface area contributed by atoms with E-state index in [2.05, 4.69) is 31.9 Å². The second-order valence-electron chi connectivity index (χ2n) is 23.6. The number of methoxy groups -OCH3 is 1. The van der Waals surface area contributed by atoms with Crippen LogP contribution in [0.3, 0.4) is 0 Å². The number of benzene rings is 2. The molecule has 0 radical (unpaired) electrons. The van der Waals surface area contributed by atoms with Crippen LogP contribution in [-0.4, -0.2) is 182 Å². The van der Waals surface area contributed by atoms with Gasteiger partial charge in [0.25, 0.3) is 0 Å². The SMILES string of the molecule is COc1ccc(C[C@H]2NC(=O)/C=C/C[C@@H]([C@H](C)[C@H]3O[C@@H]3c3ccc(CNC(=O)[C@H](CCCCNC(=O)CCOCCOCCOCCOCCC(=O)NCCS(=O)(=O)[O-])NC(=O)[C@@H](N)C(C)C)cc3)OC(=O)[C@H](CC(C)C)OC(=O)C(C)(C)CNC2=O)cc1Cl.[Na+]. The topological polar surface area (TPSA) is 369 Å². The average molecular weight is 1330 g/mol. The molecule has 8 N–H and O–H groups in total. The monoisotopic (exact) mass is 1330 g/mol. The molecule has 1 saturated heterocycles. The number of esters is 2. The van der Waals surface area contributed by atoms with Gasteiger partial charge in [0.1, 0.15) is 30.0 Å². The van der Waals surface area contributed by atoms with Crippen LogP contribution in [0.1, 0.15) is 116 Å². The Labute approximate surface area is 561 Å². The summed E-state index contributed by atoms with van der Waals surface area (Å²) in [6, 6.07) is 9.67. The van der Waals surface area contributed by atoms with Crippen molar-refractivity contribution in [3.63, 3.8) is 0 Å². The number of carbonyl (C=O) groups is 8. The zero-order chi connectivity index (χ0) is 66.4. The number of unbranched alkanes of at least 4 members (excludes halogenated alkanes) is 1. The molecule has 504 valence electrons. The van der Waals surface area contributed by atoms with Crippen molar-refractivity contribution in [1.29, 1.82) is 0 Å². The molecule has 4 rings (SSSR count). The normalized spacial score (nSPS) is 20.1. The van der Waals surface area contributed by atoms with Crippen LogP contribution in [-0.2, 0) is 94.6 Å². The first kappa shape index (κ1) is 79.9. The van der Waals surface area contributed by atoms with E-state index in [-0.39, 0.29) is 151 Å². The summed E-state index contributed by atoms with van der Waals surface area (Å²) in [5.74, 6) is -5.02. The fraction of sp³-hybridized carbons (Fsp3) is 0.645. The first-order valence-corrected chi connectivity index (χ1v) is 32.5. The number of nitrogens with one attached hydrogen (secondary N) is 6. The molecule has 2 aliphatic rings. The zero-order valence-electron chi connectivity index (χ0n) is 53.9. The largest absolute Gasteiger partial charge is 1.00 e. The Morgan fingerprint density at radius 3 is 1.97 bits per heavy atom. The Morgan fingerprint density at radius 2 is 1.40 bits per heavy atom. The van der Waals surface area contributed by atoms with Gasteiger partial charge in [-0.1, -0.05) is 82.6 Å². The van der Waals surface area contributed by atoms with Gasteiger partial charge in [-0.2, -0.15) is 0 Å². The molecule has 2 aliphatic heterocycles. The van der Waals surface area contributed by atoms with Gasteiger partial charge in [-0.3, -0.25) is 33.6 Å². The van der Waals surface area contributed by atoms with Gasteiger partial charge in [-0.05, 0) is 86.3 Å². The summed E-state index contributed by atoms with van der Waals surface area (Å²) in [7, 11) is -2.91. The number of cyclic esters (lactones) is 2. The predicted octanol–water partition coefficient (Wildman–Crippen LogP) is 0.00690. The molecule has 26 nitrogen and oxygen atoms in total. The molecule has 8 atom stereocenters. The van der Waals surface area contributed by atoms with Gasteiger partial charge in [-0.25, -0.2) is 13.2 Å². The number of rotatable bonds is 37. The molecule has 0 aromatic heterocycles. The van der Waals surface area contributed by atoms with Crippen molar-refractivity contribution in [3.05, 3.63) is 76.3 Å². The second kappa shape index (κ2) is 41.4. The summed E-state index contributed by atoms with van der Waals surface area (Å²) in [6.45, 7) is 14.4. The quantitative estimate of drug-likeness (QED) is 0.0154. The minimum Gasteiger partial charge on any atom is -0.748 e. The molecule has 2 aromatic rings. The fourth-order valence-corrected chi connectivity index (χ4v) is 9.72. The minimum atomic E-state index is -4.39. The average Bonchev–Trinajstić information content (AvgIpc) is 1.92. The van der Waals surface area contributed by atoms with Crippen LogP contribution in [0.4, 0.5) is 0 Å². The van der Waals surface area contributed by atoms with Crippen molar-refractivity contribution in [2.24, 2.45) is 28.9 Å². The number of amides is 6. The van der Waals surface area contributed by atoms with E-state index in [1.54, 1.807) is 38.1 Å². The Morgan fingerprint density at radius 1 is 0.802 bits per heavy atom. The summed E-state index contributed by atoms with van der Waals surface area (Å²) in [5.41, 5.74) is 7.09. The first-order valence-electron chi connectivity index (χ1n) is 30.5. The van der Waals surface area contributed by atoms with Crippen molar-refractivity contribution in [3.8, 4) is 5.75 Å². The summed E-state index contributed by atoms with van der Waals surface area (Å²) in [4.78, 5) is 106. The van der Waals surface area contributed by atoms with E-state index in [1.165, 1.54) is 13.2 Å². The van der Waals surface area contributed by atoms with E-state index in [0.29, 0.717) is 48.9 Å². The zero-order valence-corrected chi connectivity index (χ0v) is 57.5. The minimum absolute atomic E-state index is 0. The Balaban J connectivity index is 0.0000216. The Kier molecular flexibility index (Phi) is 36.4. The van der Waals surface area contributed by atoms with Crippen molar-refractivity contribution in [1.82, 2.24) is 31.9 Å². The molecule has 0 unspecified atom stereocenters. The molecule has 0 saturated carbocycles. The number of ether oxygens (including phenoxy) is 8. The van der Waals surface area contributed by atoms with Gasteiger partial charge in [0, 0.05) is 57.8 Å². The number of hydrogen-bond donors (Lipinski definition) is 7. The van der Waals surface area contributed by atoms with Gasteiger partial charge in [0.2, 0.25) is 35.4 Å². The third-order valence-electron chi connectivity index (χ3n) is 14.7. The van der Waals surface area contributed by atoms with E-state index < -0.39 is 105 Å². The van der Waals surface area contributed by atoms with Crippen LogP contribution in [0.5, 0.6) is 5.75 Å². The van der Waals surface area contributed by atoms with Gasteiger partial charge in [-0.15, -0.1) is 0 Å². The van der Waals surface area contributed by atoms with Gasteiger partial charge in [0.15, 0.2) is 6.10 Å². The maximum Gasteiger partial charge on any atom is 1.00 e. The molecule has 29 heteroatoms. The van der Waals surface area contributed by atoms with E-state index in [1.807, 2.05) is 58.9 Å². The van der Waals surface area contributed by atoms with Crippen LogP contribution in [0.15, 0.2) is 54.6 Å². The van der Waals surface area contributed by atoms with Gasteiger partial charge >= 0.3 is 41.5 Å². The van der Waals surface area contributed by atoms with Crippen LogP contribution in [0.25, 0.3) is 0 Å². The van der Waals surface area contributed by atoms with E-state index >= 15 is 0 Å². The number of hydrogen-bond acceptors (Lipinski definition) is 20. The number of epoxide rings is 1. The predicted molar refractivity (Wildman–Crippen MR) is 330 cm³/mol. The maximum atomic E-state index is 14.0. The third kappa shape index (κ3) is 31.0. The van der Waals surface area contributed by atoms with Crippen LogP contribution < -0.4 is 71.9 Å². The standard InChI is InChI=1S/C62H94ClN7O19S.Na/c1-39(2)34-50-60(77)87-48(13-11-14-53(73)69-47(36-43-17-20-49(82-8)45(63)35-43)58(75)68-38-62(6,7)61(78)88-50)41(5)55-56(89-55)44-18-15-42(16-19-44)37-67-57(74)46(70-59(76)54(64)40(3)4)12-9-10-23-65-51(71)21-25-83-27-29-85-31-32-86-30-28-84-26-22-52(72)66-24-33-90(79,80)81;/h11,14-20,35,39-41,46-48,50,54-56H,9-10,12-13,21-34,36-38,64H2,1-8H3,(H,65,71)(H,66,72)(H,67,74)(H,68,75)(H,69,73)(H,70,76)(H,79,80,81);/q;+1/p-1/b14-11+;/t41-,46-,47+,48-,50-,54-,55+,56+;/m0./s1. The van der Waals surface area contributed by atoms with Gasteiger partial charge in [0.05, 0.1) is 98.4 Å². The summed E-state index contributed by atoms with van der Waals surface area (Å²) < 4.78 is 76.9. The first-order chi connectivity index (χ1) is 42.7. The number of nitrogens with two attached hydrogens (primary N) is 1. The molecular formula is C62H93ClN7NaO19S. The van der Waals surface area contributed by atoms with E-state index in [0.717, 1.165) is 11.1 Å². The molecule has 0 aliphatic carbocycles. The molecule has 0 spiro atoms. The summed E-state index contributed by atoms with van der Waals surface area (Å²) in [6.07, 6.45) is 1.69. The fourth-order valence-electron chi connectivity index (χ4n) is 9.08. The van der Waals surface area contributed by atoms with E-state index in [9.17, 15) is 51.3 Å². The smallest absolute Gasteiger partial charge is 0.748 e. The molecule has 91 heavy (non-hydrogen) atoms. The summed E-state index contributed by atoms with van der Waals surface area (Å²) in [5, 5.41) is 16.8. The van der Waals surface area contributed by atoms with Crippen molar-refractivity contribution < 1.29 is 119 Å². The number of halogens is 1. The Bertz CT molecular complexity index is 2800. The van der Waals surface area contributed by atoms with Crippen molar-refractivity contribution in [2.45, 2.75) is 149 Å². The Hall–Kier alpha value is -5.30. The van der Waals surface area contributed by atoms with Crippen molar-refractivity contribution >= 4 is 69.1 Å². The van der Waals surface area contributed by atoms with E-state index in [4.69, 9.17) is 55.2 Å². The van der Waals surface area contributed by atoms with Crippen LogP contribution >= 0.6 is 11.6 Å². The van der Waals surface area contributed by atoms with Crippen molar-refractivity contribution in [2.75, 3.05) is 85.4 Å².